The highest BCUT2D eigenvalue weighted by Crippen LogP contribution is 2.59. The van der Waals surface area contributed by atoms with Gasteiger partial charge < -0.3 is 19.6 Å². The number of hydrogen-bond acceptors (Lipinski definition) is 4. The van der Waals surface area contributed by atoms with Crippen molar-refractivity contribution in [3.8, 4) is 11.5 Å². The van der Waals surface area contributed by atoms with Gasteiger partial charge in [0.05, 0.1) is 12.8 Å². The van der Waals surface area contributed by atoms with E-state index in [1.165, 1.54) is 13.8 Å². The highest BCUT2D eigenvalue weighted by molar-refractivity contribution is 5.42. The van der Waals surface area contributed by atoms with Gasteiger partial charge >= 0.3 is 6.18 Å². The zero-order chi connectivity index (χ0) is 22.6. The van der Waals surface area contributed by atoms with Crippen molar-refractivity contribution < 1.29 is 36.5 Å². The smallest absolute Gasteiger partial charge is 0.417 e. The summed E-state index contributed by atoms with van der Waals surface area (Å²) in [6, 6.07) is 2.87. The topological polar surface area (TPSA) is 71.5 Å². The second kappa shape index (κ2) is 7.26. The summed E-state index contributed by atoms with van der Waals surface area (Å²) >= 11 is 0. The van der Waals surface area contributed by atoms with Crippen LogP contribution in [0.5, 0.6) is 11.5 Å². The lowest BCUT2D eigenvalue weighted by molar-refractivity contribution is -0.275. The fraction of sp³-hybridized carbons (Fsp3) is 0.450. The molecule has 0 bridgehead atoms. The molecule has 1 aromatic carbocycles. The Morgan fingerprint density at radius 3 is 2.43 bits per heavy atom. The fourth-order valence-electron chi connectivity index (χ4n) is 3.94. The first-order valence-electron chi connectivity index (χ1n) is 9.02. The number of halogens is 5. The van der Waals surface area contributed by atoms with Crippen LogP contribution in [0.4, 0.5) is 22.0 Å². The van der Waals surface area contributed by atoms with E-state index in [-0.39, 0.29) is 17.0 Å². The van der Waals surface area contributed by atoms with Crippen LogP contribution < -0.4 is 10.2 Å². The molecule has 2 N–H and O–H groups in total. The molecular weight excluding hydrogens is 413 g/mol. The molecule has 0 saturated carbocycles. The van der Waals surface area contributed by atoms with Crippen molar-refractivity contribution in [2.75, 3.05) is 7.11 Å². The summed E-state index contributed by atoms with van der Waals surface area (Å²) < 4.78 is 80.2. The lowest BCUT2D eigenvalue weighted by Crippen LogP contribution is -2.46. The van der Waals surface area contributed by atoms with Crippen LogP contribution >= 0.6 is 0 Å². The zero-order valence-electron chi connectivity index (χ0n) is 16.5. The van der Waals surface area contributed by atoms with E-state index >= 15 is 0 Å². The lowest BCUT2D eigenvalue weighted by atomic mass is 9.76. The van der Waals surface area contributed by atoms with E-state index < -0.39 is 58.3 Å². The van der Waals surface area contributed by atoms with Crippen molar-refractivity contribution in [1.82, 2.24) is 4.98 Å². The molecule has 5 nitrogen and oxygen atoms in total. The highest BCUT2D eigenvalue weighted by Gasteiger charge is 2.65. The number of nitrogens with one attached hydrogen (secondary N) is 1. The second-order valence-electron chi connectivity index (χ2n) is 7.50. The third kappa shape index (κ3) is 3.23. The molecule has 10 heteroatoms. The molecule has 164 valence electrons. The molecule has 0 unspecified atom stereocenters. The minimum Gasteiger partial charge on any atom is -0.503 e. The van der Waals surface area contributed by atoms with Crippen molar-refractivity contribution in [3.05, 3.63) is 57.0 Å². The van der Waals surface area contributed by atoms with Gasteiger partial charge in [0.2, 0.25) is 11.2 Å². The fourth-order valence-corrected chi connectivity index (χ4v) is 3.94. The second-order valence-corrected chi connectivity index (χ2v) is 7.50. The maximum atomic E-state index is 14.3. The van der Waals surface area contributed by atoms with Gasteiger partial charge in [0.1, 0.15) is 6.10 Å². The Morgan fingerprint density at radius 1 is 1.27 bits per heavy atom. The molecule has 1 aliphatic rings. The van der Waals surface area contributed by atoms with E-state index in [1.807, 2.05) is 0 Å². The Kier molecular flexibility index (Phi) is 5.34. The number of aromatic hydroxyl groups is 1. The molecular formula is C20H20F5NO4. The molecule has 0 amide bonds. The predicted octanol–water partition coefficient (Wildman–Crippen LogP) is 4.49. The molecule has 2 aromatic rings. The molecule has 0 aliphatic carbocycles. The summed E-state index contributed by atoms with van der Waals surface area (Å²) in [5.41, 5.74) is -3.50. The van der Waals surface area contributed by atoms with E-state index in [1.54, 1.807) is 0 Å². The van der Waals surface area contributed by atoms with Crippen LogP contribution in [0.1, 0.15) is 42.8 Å². The largest absolute Gasteiger partial charge is 0.503 e. The highest BCUT2D eigenvalue weighted by atomic mass is 19.4. The standard InChI is InChI=1S/C20H20F5NO4/c1-8-14(10-5-6-11(21)15(22)17(10)29-4)18(30-19(8,3)20(23,24)25)12-7-13(27)16(28)9(2)26-12/h5-8,14,18,28H,1-4H3,(H,26,27)/t8-,14-,18-,19+/m0/s1. The van der Waals surface area contributed by atoms with Gasteiger partial charge in [-0.3, -0.25) is 4.79 Å². The molecule has 2 heterocycles. The molecule has 1 aromatic heterocycles. The third-order valence-corrected chi connectivity index (χ3v) is 5.83. The monoisotopic (exact) mass is 433 g/mol. The van der Waals surface area contributed by atoms with Crippen LogP contribution in [0.2, 0.25) is 0 Å². The number of benzene rings is 1. The van der Waals surface area contributed by atoms with Crippen LogP contribution in [0, 0.1) is 24.5 Å². The van der Waals surface area contributed by atoms with Gasteiger partial charge in [0.15, 0.2) is 22.9 Å². The minimum absolute atomic E-state index is 0.0327. The van der Waals surface area contributed by atoms with Crippen LogP contribution in [-0.4, -0.2) is 29.0 Å². The quantitative estimate of drug-likeness (QED) is 0.700. The van der Waals surface area contributed by atoms with E-state index in [9.17, 15) is 31.9 Å². The normalized spacial score (nSPS) is 26.8. The molecule has 0 radical (unpaired) electrons. The molecule has 1 aliphatic heterocycles. The first-order valence-corrected chi connectivity index (χ1v) is 9.02. The van der Waals surface area contributed by atoms with Crippen molar-refractivity contribution in [1.29, 1.82) is 0 Å². The third-order valence-electron chi connectivity index (χ3n) is 5.83. The Bertz CT molecular complexity index is 1040. The Morgan fingerprint density at radius 2 is 1.90 bits per heavy atom. The van der Waals surface area contributed by atoms with E-state index in [0.717, 1.165) is 32.2 Å². The van der Waals surface area contributed by atoms with Gasteiger partial charge in [0, 0.05) is 29.2 Å². The summed E-state index contributed by atoms with van der Waals surface area (Å²) in [4.78, 5) is 14.7. The number of aromatic nitrogens is 1. The molecule has 0 spiro atoms. The summed E-state index contributed by atoms with van der Waals surface area (Å²) in [5, 5.41) is 9.71. The molecule has 3 rings (SSSR count). The number of aryl methyl sites for hydroxylation is 1. The van der Waals surface area contributed by atoms with Crippen LogP contribution in [0.25, 0.3) is 0 Å². The summed E-state index contributed by atoms with van der Waals surface area (Å²) in [6.45, 7) is 3.52. The van der Waals surface area contributed by atoms with Gasteiger partial charge in [-0.15, -0.1) is 0 Å². The van der Waals surface area contributed by atoms with E-state index in [4.69, 9.17) is 9.47 Å². The number of hydrogen-bond donors (Lipinski definition) is 2. The first-order chi connectivity index (χ1) is 13.8. The zero-order valence-corrected chi connectivity index (χ0v) is 16.5. The lowest BCUT2D eigenvalue weighted by Gasteiger charge is -2.32. The average Bonchev–Trinajstić information content (AvgIpc) is 2.94. The first kappa shape index (κ1) is 22.1. The molecule has 30 heavy (non-hydrogen) atoms. The van der Waals surface area contributed by atoms with Crippen molar-refractivity contribution in [2.24, 2.45) is 5.92 Å². The maximum Gasteiger partial charge on any atom is 0.417 e. The summed E-state index contributed by atoms with van der Waals surface area (Å²) in [7, 11) is 1.08. The number of alkyl halides is 3. The van der Waals surface area contributed by atoms with Crippen LogP contribution in [-0.2, 0) is 4.74 Å². The Hall–Kier alpha value is -2.62. The number of methoxy groups -OCH3 is 1. The Balaban J connectivity index is 2.27. The number of ether oxygens (including phenoxy) is 2. The maximum absolute atomic E-state index is 14.3. The van der Waals surface area contributed by atoms with Gasteiger partial charge in [-0.1, -0.05) is 13.0 Å². The van der Waals surface area contributed by atoms with E-state index in [0.29, 0.717) is 0 Å². The SMILES string of the molecule is COc1c([C@H]2[C@H](c3cc(=O)c(O)c(C)[nH]3)O[C@@](C)(C(F)(F)F)[C@H]2C)ccc(F)c1F. The van der Waals surface area contributed by atoms with Gasteiger partial charge in [-0.25, -0.2) is 4.39 Å². The molecule has 1 saturated heterocycles. The minimum atomic E-state index is -4.79. The molecule has 1 fully saturated rings. The summed E-state index contributed by atoms with van der Waals surface area (Å²) in [5.74, 6) is -6.08. The van der Waals surface area contributed by atoms with Gasteiger partial charge in [0.25, 0.3) is 0 Å². The van der Waals surface area contributed by atoms with Crippen LogP contribution in [0.3, 0.4) is 0 Å². The van der Waals surface area contributed by atoms with E-state index in [2.05, 4.69) is 4.98 Å². The van der Waals surface area contributed by atoms with Gasteiger partial charge in [-0.2, -0.15) is 17.6 Å². The van der Waals surface area contributed by atoms with Crippen molar-refractivity contribution in [2.45, 2.75) is 44.6 Å². The number of aromatic amines is 1. The number of pyridine rings is 1. The van der Waals surface area contributed by atoms with Crippen LogP contribution in [0.15, 0.2) is 23.0 Å². The van der Waals surface area contributed by atoms with Gasteiger partial charge in [-0.05, 0) is 19.9 Å². The molecule has 4 atom stereocenters. The number of H-pyrrole nitrogens is 1. The predicted molar refractivity (Wildman–Crippen MR) is 96.6 cm³/mol. The number of rotatable bonds is 3. The summed E-state index contributed by atoms with van der Waals surface area (Å²) in [6.07, 6.45) is -6.17. The van der Waals surface area contributed by atoms with Crippen molar-refractivity contribution in [3.63, 3.8) is 0 Å². The Labute approximate surface area is 168 Å². The average molecular weight is 433 g/mol. The van der Waals surface area contributed by atoms with Crippen molar-refractivity contribution >= 4 is 0 Å².